The number of morpholine rings is 1. The minimum absolute atomic E-state index is 0.408. The number of nitrogens with one attached hydrogen (secondary N) is 1. The Morgan fingerprint density at radius 1 is 1.32 bits per heavy atom. The van der Waals surface area contributed by atoms with Gasteiger partial charge in [0.2, 0.25) is 0 Å². The van der Waals surface area contributed by atoms with E-state index in [1.165, 1.54) is 32.2 Å². The predicted molar refractivity (Wildman–Crippen MR) is 78.3 cm³/mol. The Morgan fingerprint density at radius 3 is 2.89 bits per heavy atom. The molecule has 0 amide bonds. The Labute approximate surface area is 118 Å². The van der Waals surface area contributed by atoms with Gasteiger partial charge in [-0.1, -0.05) is 20.8 Å². The molecule has 2 heterocycles. The molecule has 3 rings (SSSR count). The zero-order chi connectivity index (χ0) is 13.5. The Bertz CT molecular complexity index is 318. The van der Waals surface area contributed by atoms with E-state index in [2.05, 4.69) is 31.0 Å². The van der Waals surface area contributed by atoms with Gasteiger partial charge in [0.1, 0.15) is 0 Å². The van der Waals surface area contributed by atoms with Crippen molar-refractivity contribution in [2.45, 2.75) is 64.6 Å². The summed E-state index contributed by atoms with van der Waals surface area (Å²) in [4.78, 5) is 2.64. The number of nitrogens with zero attached hydrogens (tertiary/aromatic N) is 1. The van der Waals surface area contributed by atoms with E-state index < -0.39 is 0 Å². The van der Waals surface area contributed by atoms with Crippen LogP contribution in [0.25, 0.3) is 0 Å². The highest BCUT2D eigenvalue weighted by Crippen LogP contribution is 2.40. The van der Waals surface area contributed by atoms with E-state index in [-0.39, 0.29) is 0 Å². The molecule has 110 valence electrons. The molecule has 3 aliphatic rings. The third-order valence-corrected chi connectivity index (χ3v) is 5.40. The fourth-order valence-electron chi connectivity index (χ4n) is 4.46. The van der Waals surface area contributed by atoms with Crippen LogP contribution in [-0.2, 0) is 4.74 Å². The number of hydrogen-bond acceptors (Lipinski definition) is 3. The molecule has 0 radical (unpaired) electrons. The first-order valence-electron chi connectivity index (χ1n) is 8.12. The van der Waals surface area contributed by atoms with Crippen LogP contribution in [0.2, 0.25) is 0 Å². The largest absolute Gasteiger partial charge is 0.374 e. The fourth-order valence-corrected chi connectivity index (χ4v) is 4.46. The SMILES string of the molecule is CC1CC(C)(C)CC1NCC1CN2CCCC2CO1. The van der Waals surface area contributed by atoms with Gasteiger partial charge >= 0.3 is 0 Å². The quantitative estimate of drug-likeness (QED) is 0.848. The molecule has 0 spiro atoms. The summed E-state index contributed by atoms with van der Waals surface area (Å²) in [5, 5.41) is 3.78. The molecule has 1 N–H and O–H groups in total. The summed E-state index contributed by atoms with van der Waals surface area (Å²) in [7, 11) is 0. The van der Waals surface area contributed by atoms with Gasteiger partial charge in [-0.25, -0.2) is 0 Å². The summed E-state index contributed by atoms with van der Waals surface area (Å²) in [6.07, 6.45) is 5.78. The lowest BCUT2D eigenvalue weighted by Gasteiger charge is -2.36. The molecule has 19 heavy (non-hydrogen) atoms. The highest BCUT2D eigenvalue weighted by atomic mass is 16.5. The maximum Gasteiger partial charge on any atom is 0.0827 e. The Balaban J connectivity index is 1.45. The second kappa shape index (κ2) is 5.34. The van der Waals surface area contributed by atoms with E-state index in [1.807, 2.05) is 0 Å². The van der Waals surface area contributed by atoms with E-state index in [4.69, 9.17) is 4.74 Å². The van der Waals surface area contributed by atoms with Crippen molar-refractivity contribution < 1.29 is 4.74 Å². The number of fused-ring (bicyclic) bond motifs is 1. The maximum atomic E-state index is 6.03. The minimum atomic E-state index is 0.408. The first kappa shape index (κ1) is 13.8. The molecule has 2 aliphatic heterocycles. The molecule has 3 nitrogen and oxygen atoms in total. The molecule has 3 fully saturated rings. The molecular weight excluding hydrogens is 236 g/mol. The van der Waals surface area contributed by atoms with E-state index in [1.54, 1.807) is 0 Å². The number of rotatable bonds is 3. The summed E-state index contributed by atoms with van der Waals surface area (Å²) in [6.45, 7) is 11.6. The molecular formula is C16H30N2O. The fraction of sp³-hybridized carbons (Fsp3) is 1.00. The van der Waals surface area contributed by atoms with E-state index in [9.17, 15) is 0 Å². The molecule has 4 unspecified atom stereocenters. The highest BCUT2D eigenvalue weighted by Gasteiger charge is 2.37. The second-order valence-corrected chi connectivity index (χ2v) is 7.81. The minimum Gasteiger partial charge on any atom is -0.374 e. The van der Waals surface area contributed by atoms with E-state index in [0.29, 0.717) is 17.6 Å². The number of ether oxygens (including phenoxy) is 1. The molecule has 0 aromatic rings. The molecule has 3 heteroatoms. The van der Waals surface area contributed by atoms with Gasteiger partial charge in [0, 0.05) is 25.2 Å². The van der Waals surface area contributed by atoms with Gasteiger partial charge in [0.05, 0.1) is 12.7 Å². The first-order chi connectivity index (χ1) is 9.03. The van der Waals surface area contributed by atoms with Crippen molar-refractivity contribution in [2.24, 2.45) is 11.3 Å². The van der Waals surface area contributed by atoms with Gasteiger partial charge < -0.3 is 10.1 Å². The van der Waals surface area contributed by atoms with Gasteiger partial charge in [-0.3, -0.25) is 4.90 Å². The average molecular weight is 266 g/mol. The Morgan fingerprint density at radius 2 is 2.16 bits per heavy atom. The molecule has 0 aromatic carbocycles. The topological polar surface area (TPSA) is 24.5 Å². The van der Waals surface area contributed by atoms with Crippen LogP contribution in [0.15, 0.2) is 0 Å². The van der Waals surface area contributed by atoms with Crippen LogP contribution in [0.1, 0.15) is 46.5 Å². The molecule has 1 aliphatic carbocycles. The highest BCUT2D eigenvalue weighted by molar-refractivity contribution is 4.92. The standard InChI is InChI=1S/C16H30N2O/c1-12-7-16(2,3)8-15(12)17-9-14-10-18-6-4-5-13(18)11-19-14/h12-15,17H,4-11H2,1-3H3. The third kappa shape index (κ3) is 3.14. The zero-order valence-corrected chi connectivity index (χ0v) is 12.8. The van der Waals surface area contributed by atoms with Crippen LogP contribution < -0.4 is 5.32 Å². The summed E-state index contributed by atoms with van der Waals surface area (Å²) in [6, 6.07) is 1.41. The number of hydrogen-bond donors (Lipinski definition) is 1. The molecule has 0 bridgehead atoms. The Kier molecular flexibility index (Phi) is 3.89. The monoisotopic (exact) mass is 266 g/mol. The van der Waals surface area contributed by atoms with Crippen LogP contribution >= 0.6 is 0 Å². The summed E-state index contributed by atoms with van der Waals surface area (Å²) in [5.74, 6) is 0.804. The first-order valence-corrected chi connectivity index (χ1v) is 8.12. The third-order valence-electron chi connectivity index (χ3n) is 5.40. The van der Waals surface area contributed by atoms with E-state index >= 15 is 0 Å². The van der Waals surface area contributed by atoms with Crippen molar-refractivity contribution in [1.29, 1.82) is 0 Å². The van der Waals surface area contributed by atoms with Crippen molar-refractivity contribution in [2.75, 3.05) is 26.2 Å². The van der Waals surface area contributed by atoms with Crippen LogP contribution in [0, 0.1) is 11.3 Å². The van der Waals surface area contributed by atoms with Crippen LogP contribution in [-0.4, -0.2) is 49.3 Å². The normalized spacial score (nSPS) is 42.5. The zero-order valence-electron chi connectivity index (χ0n) is 12.8. The van der Waals surface area contributed by atoms with Crippen LogP contribution in [0.4, 0.5) is 0 Å². The van der Waals surface area contributed by atoms with Crippen molar-refractivity contribution in [3.8, 4) is 0 Å². The average Bonchev–Trinajstić information content (AvgIpc) is 2.89. The van der Waals surface area contributed by atoms with Crippen molar-refractivity contribution in [3.63, 3.8) is 0 Å². The molecule has 0 aromatic heterocycles. The second-order valence-electron chi connectivity index (χ2n) is 7.81. The molecule has 4 atom stereocenters. The summed E-state index contributed by atoms with van der Waals surface area (Å²) >= 11 is 0. The Hall–Kier alpha value is -0.120. The smallest absolute Gasteiger partial charge is 0.0827 e. The summed E-state index contributed by atoms with van der Waals surface area (Å²) < 4.78 is 6.03. The van der Waals surface area contributed by atoms with E-state index in [0.717, 1.165) is 31.7 Å². The molecule has 1 saturated carbocycles. The lowest BCUT2D eigenvalue weighted by molar-refractivity contribution is -0.0482. The van der Waals surface area contributed by atoms with Gasteiger partial charge in [0.15, 0.2) is 0 Å². The predicted octanol–water partition coefficient (Wildman–Crippen LogP) is 2.26. The van der Waals surface area contributed by atoms with Crippen LogP contribution in [0.3, 0.4) is 0 Å². The van der Waals surface area contributed by atoms with Crippen molar-refractivity contribution in [3.05, 3.63) is 0 Å². The van der Waals surface area contributed by atoms with Gasteiger partial charge in [-0.05, 0) is 43.6 Å². The van der Waals surface area contributed by atoms with Crippen molar-refractivity contribution in [1.82, 2.24) is 10.2 Å². The van der Waals surface area contributed by atoms with Crippen LogP contribution in [0.5, 0.6) is 0 Å². The molecule has 2 saturated heterocycles. The van der Waals surface area contributed by atoms with Gasteiger partial charge in [-0.15, -0.1) is 0 Å². The lowest BCUT2D eigenvalue weighted by atomic mass is 9.91. The van der Waals surface area contributed by atoms with Crippen molar-refractivity contribution >= 4 is 0 Å². The van der Waals surface area contributed by atoms with Gasteiger partial charge in [0.25, 0.3) is 0 Å². The summed E-state index contributed by atoms with van der Waals surface area (Å²) in [5.41, 5.74) is 0.518. The maximum absolute atomic E-state index is 6.03. The van der Waals surface area contributed by atoms with Gasteiger partial charge in [-0.2, -0.15) is 0 Å². The lowest BCUT2D eigenvalue weighted by Crippen LogP contribution is -2.50.